The first-order chi connectivity index (χ1) is 16.3. The molecule has 4 rings (SSSR count). The Bertz CT molecular complexity index is 1290. The first kappa shape index (κ1) is 23.1. The van der Waals surface area contributed by atoms with E-state index in [0.717, 1.165) is 29.1 Å². The third-order valence-electron chi connectivity index (χ3n) is 4.70. The van der Waals surface area contributed by atoms with Crippen molar-refractivity contribution in [1.29, 1.82) is 0 Å². The van der Waals surface area contributed by atoms with Crippen LogP contribution in [-0.2, 0) is 12.7 Å². The predicted octanol–water partition coefficient (Wildman–Crippen LogP) is 6.21. The maximum Gasteiger partial charge on any atom is 0.417 e. The van der Waals surface area contributed by atoms with E-state index in [0.29, 0.717) is 11.6 Å². The highest BCUT2D eigenvalue weighted by molar-refractivity contribution is 6.31. The molecule has 0 radical (unpaired) electrons. The molecule has 0 unspecified atom stereocenters. The molecule has 0 bridgehead atoms. The van der Waals surface area contributed by atoms with Crippen molar-refractivity contribution < 1.29 is 18.0 Å². The Morgan fingerprint density at radius 3 is 2.65 bits per heavy atom. The first-order valence-corrected chi connectivity index (χ1v) is 10.4. The second-order valence-corrected chi connectivity index (χ2v) is 7.58. The van der Waals surface area contributed by atoms with Crippen LogP contribution in [0.25, 0.3) is 11.4 Å². The average Bonchev–Trinajstić information content (AvgIpc) is 3.34. The minimum Gasteiger partial charge on any atom is -0.360 e. The minimum atomic E-state index is -4.62. The molecule has 2 aromatic carbocycles. The number of H-pyrrole nitrogens is 1. The van der Waals surface area contributed by atoms with Gasteiger partial charge in [0.05, 0.1) is 22.0 Å². The number of aromatic amines is 1. The van der Waals surface area contributed by atoms with Gasteiger partial charge in [0, 0.05) is 30.3 Å². The van der Waals surface area contributed by atoms with Gasteiger partial charge in [-0.15, -0.1) is 0 Å². The van der Waals surface area contributed by atoms with Crippen LogP contribution in [0.5, 0.6) is 0 Å². The summed E-state index contributed by atoms with van der Waals surface area (Å²) in [5, 5.41) is 7.67. The number of urea groups is 1. The number of hydrogen-bond acceptors (Lipinski definition) is 4. The Kier molecular flexibility index (Phi) is 6.69. The molecule has 0 fully saturated rings. The zero-order valence-corrected chi connectivity index (χ0v) is 18.2. The third kappa shape index (κ3) is 5.84. The first-order valence-electron chi connectivity index (χ1n) is 10.0. The topological polar surface area (TPSA) is 94.7 Å². The van der Waals surface area contributed by atoms with Gasteiger partial charge in [0.25, 0.3) is 0 Å². The quantitative estimate of drug-likeness (QED) is 0.260. The van der Waals surface area contributed by atoms with Crippen molar-refractivity contribution in [2.24, 2.45) is 0 Å². The Balaban J connectivity index is 1.37. The Morgan fingerprint density at radius 2 is 1.88 bits per heavy atom. The van der Waals surface area contributed by atoms with Gasteiger partial charge in [-0.05, 0) is 54.1 Å². The van der Waals surface area contributed by atoms with Crippen molar-refractivity contribution in [2.75, 3.05) is 10.6 Å². The summed E-state index contributed by atoms with van der Waals surface area (Å²) in [5.41, 5.74) is 2.01. The molecule has 7 nitrogen and oxygen atoms in total. The largest absolute Gasteiger partial charge is 0.417 e. The minimum absolute atomic E-state index is 0.0243. The molecular weight excluding hydrogens is 469 g/mol. The number of halogens is 4. The molecule has 0 aliphatic heterocycles. The Morgan fingerprint density at radius 1 is 1.03 bits per heavy atom. The number of amides is 2. The van der Waals surface area contributed by atoms with Crippen molar-refractivity contribution in [2.45, 2.75) is 12.7 Å². The zero-order chi connectivity index (χ0) is 24.1. The van der Waals surface area contributed by atoms with E-state index in [1.807, 2.05) is 18.2 Å². The molecule has 0 spiro atoms. The summed E-state index contributed by atoms with van der Waals surface area (Å²) in [6.07, 6.45) is -1.18. The summed E-state index contributed by atoms with van der Waals surface area (Å²) in [6, 6.07) is 15.3. The Hall–Kier alpha value is -4.05. The molecule has 0 aliphatic carbocycles. The van der Waals surface area contributed by atoms with Crippen molar-refractivity contribution in [3.05, 3.63) is 89.2 Å². The number of nitrogens with zero attached hydrogens (tertiary/aromatic N) is 2. The summed E-state index contributed by atoms with van der Waals surface area (Å²) in [6.45, 7) is 0.143. The van der Waals surface area contributed by atoms with Gasteiger partial charge in [0.15, 0.2) is 0 Å². The molecule has 0 saturated heterocycles. The number of hydrogen-bond donors (Lipinski definition) is 4. The molecule has 0 atom stereocenters. The van der Waals surface area contributed by atoms with Gasteiger partial charge < -0.3 is 20.9 Å². The normalized spacial score (nSPS) is 11.2. The van der Waals surface area contributed by atoms with Crippen molar-refractivity contribution in [3.8, 4) is 11.4 Å². The van der Waals surface area contributed by atoms with Crippen LogP contribution in [0, 0.1) is 0 Å². The highest BCUT2D eigenvalue weighted by Gasteiger charge is 2.33. The van der Waals surface area contributed by atoms with Gasteiger partial charge in [-0.2, -0.15) is 13.2 Å². The van der Waals surface area contributed by atoms with Crippen LogP contribution >= 0.6 is 11.6 Å². The SMILES string of the molecule is O=C(NCc1cccc(Nc2nccc(-c3ccc[nH]3)n2)c1)Nc1ccc(Cl)c(C(F)(F)F)c1. The molecule has 0 aliphatic rings. The molecule has 174 valence electrons. The van der Waals surface area contributed by atoms with Gasteiger partial charge in [0.1, 0.15) is 0 Å². The van der Waals surface area contributed by atoms with Crippen molar-refractivity contribution in [3.63, 3.8) is 0 Å². The van der Waals surface area contributed by atoms with Gasteiger partial charge in [-0.1, -0.05) is 23.7 Å². The highest BCUT2D eigenvalue weighted by atomic mass is 35.5. The second kappa shape index (κ2) is 9.84. The van der Waals surface area contributed by atoms with Gasteiger partial charge in [0.2, 0.25) is 5.95 Å². The molecule has 0 saturated carbocycles. The monoisotopic (exact) mass is 486 g/mol. The summed E-state index contributed by atoms with van der Waals surface area (Å²) in [4.78, 5) is 24.0. The van der Waals surface area contributed by atoms with Crippen molar-refractivity contribution >= 4 is 35.0 Å². The molecule has 4 aromatic rings. The number of alkyl halides is 3. The fourth-order valence-corrected chi connectivity index (χ4v) is 3.35. The number of rotatable bonds is 6. The molecule has 2 heterocycles. The number of benzene rings is 2. The lowest BCUT2D eigenvalue weighted by atomic mass is 10.2. The van der Waals surface area contributed by atoms with E-state index in [1.165, 1.54) is 6.07 Å². The smallest absolute Gasteiger partial charge is 0.360 e. The number of carbonyl (C=O) groups excluding carboxylic acids is 1. The maximum atomic E-state index is 13.0. The lowest BCUT2D eigenvalue weighted by Gasteiger charge is -2.13. The van der Waals surface area contributed by atoms with E-state index < -0.39 is 22.8 Å². The van der Waals surface area contributed by atoms with Crippen LogP contribution in [0.2, 0.25) is 5.02 Å². The Labute approximate surface area is 197 Å². The predicted molar refractivity (Wildman–Crippen MR) is 124 cm³/mol. The standard InChI is InChI=1S/C23H18ClF3N6O/c24-18-7-6-16(12-17(18)23(25,26)27)32-22(34)30-13-14-3-1-4-15(11-14)31-21-29-10-8-20(33-21)19-5-2-9-28-19/h1-12,28H,13H2,(H,29,31,33)(H2,30,32,34). The number of nitrogens with one attached hydrogen (secondary N) is 4. The van der Waals surface area contributed by atoms with E-state index in [4.69, 9.17) is 11.6 Å². The third-order valence-corrected chi connectivity index (χ3v) is 5.02. The molecule has 34 heavy (non-hydrogen) atoms. The van der Waals surface area contributed by atoms with E-state index in [1.54, 1.807) is 36.7 Å². The van der Waals surface area contributed by atoms with Crippen LogP contribution in [0.15, 0.2) is 73.1 Å². The maximum absolute atomic E-state index is 13.0. The second-order valence-electron chi connectivity index (χ2n) is 7.17. The average molecular weight is 487 g/mol. The van der Waals surface area contributed by atoms with E-state index >= 15 is 0 Å². The van der Waals surface area contributed by atoms with E-state index in [-0.39, 0.29) is 12.2 Å². The van der Waals surface area contributed by atoms with Crippen LogP contribution in [0.4, 0.5) is 35.3 Å². The van der Waals surface area contributed by atoms with E-state index in [9.17, 15) is 18.0 Å². The zero-order valence-electron chi connectivity index (χ0n) is 17.4. The molecular formula is C23H18ClF3N6O. The summed E-state index contributed by atoms with van der Waals surface area (Å²) in [7, 11) is 0. The number of anilines is 3. The van der Waals surface area contributed by atoms with E-state index in [2.05, 4.69) is 30.9 Å². The van der Waals surface area contributed by atoms with Gasteiger partial charge in [-0.3, -0.25) is 0 Å². The van der Waals surface area contributed by atoms with Gasteiger partial charge >= 0.3 is 12.2 Å². The fourth-order valence-electron chi connectivity index (χ4n) is 3.12. The lowest BCUT2D eigenvalue weighted by molar-refractivity contribution is -0.137. The summed E-state index contributed by atoms with van der Waals surface area (Å²) >= 11 is 5.60. The van der Waals surface area contributed by atoms with Crippen LogP contribution in [0.3, 0.4) is 0 Å². The van der Waals surface area contributed by atoms with Crippen LogP contribution in [-0.4, -0.2) is 21.0 Å². The molecule has 4 N–H and O–H groups in total. The fraction of sp³-hybridized carbons (Fsp3) is 0.0870. The summed E-state index contributed by atoms with van der Waals surface area (Å²) < 4.78 is 39.0. The lowest BCUT2D eigenvalue weighted by Crippen LogP contribution is -2.28. The molecule has 2 amide bonds. The summed E-state index contributed by atoms with van der Waals surface area (Å²) in [5.74, 6) is 0.401. The van der Waals surface area contributed by atoms with Crippen LogP contribution in [0.1, 0.15) is 11.1 Å². The van der Waals surface area contributed by atoms with Crippen molar-refractivity contribution in [1.82, 2.24) is 20.3 Å². The molecule has 2 aromatic heterocycles. The van der Waals surface area contributed by atoms with Crippen LogP contribution < -0.4 is 16.0 Å². The highest BCUT2D eigenvalue weighted by Crippen LogP contribution is 2.36. The number of carbonyl (C=O) groups is 1. The number of aromatic nitrogens is 3. The molecule has 11 heteroatoms. The van der Waals surface area contributed by atoms with Gasteiger partial charge in [-0.25, -0.2) is 14.8 Å².